The molecule has 154 valence electrons. The largest absolute Gasteiger partial charge is 0.361 e. The maximum Gasteiger partial charge on any atom is 0.220 e. The number of rotatable bonds is 5. The number of likely N-dealkylation sites (tertiary alicyclic amines) is 1. The third kappa shape index (κ3) is 5.59. The number of hydrogen-bond donors (Lipinski definition) is 3. The highest BCUT2D eigenvalue weighted by atomic mass is 127. The molecule has 0 aliphatic carbocycles. The second kappa shape index (κ2) is 10.6. The molecule has 0 unspecified atom stereocenters. The highest BCUT2D eigenvalue weighted by Crippen LogP contribution is 2.21. The summed E-state index contributed by atoms with van der Waals surface area (Å²) in [6, 6.07) is 4.81. The van der Waals surface area contributed by atoms with E-state index >= 15 is 0 Å². The molecule has 3 N–H and O–H groups in total. The van der Waals surface area contributed by atoms with E-state index < -0.39 is 0 Å². The maximum absolute atomic E-state index is 13.5. The monoisotopic (exact) mass is 501 g/mol. The summed E-state index contributed by atoms with van der Waals surface area (Å²) in [4.78, 5) is 21.4. The first kappa shape index (κ1) is 22.4. The van der Waals surface area contributed by atoms with Gasteiger partial charge in [-0.1, -0.05) is 0 Å². The molecule has 0 bridgehead atoms. The van der Waals surface area contributed by atoms with E-state index in [9.17, 15) is 9.18 Å². The van der Waals surface area contributed by atoms with E-state index in [1.807, 2.05) is 6.20 Å². The Morgan fingerprint density at radius 2 is 2.11 bits per heavy atom. The van der Waals surface area contributed by atoms with Crippen molar-refractivity contribution in [3.63, 3.8) is 0 Å². The Hall–Kier alpha value is -1.84. The van der Waals surface area contributed by atoms with E-state index in [-0.39, 0.29) is 35.7 Å². The number of benzene rings is 1. The van der Waals surface area contributed by atoms with Crippen molar-refractivity contribution in [1.29, 1.82) is 0 Å². The Labute approximate surface area is 182 Å². The lowest BCUT2D eigenvalue weighted by Crippen LogP contribution is -2.46. The van der Waals surface area contributed by atoms with Crippen LogP contribution in [0.4, 0.5) is 4.39 Å². The highest BCUT2D eigenvalue weighted by Gasteiger charge is 2.23. The molecular formula is C20H29FIN5O. The Morgan fingerprint density at radius 1 is 1.36 bits per heavy atom. The lowest BCUT2D eigenvalue weighted by atomic mass is 9.93. The van der Waals surface area contributed by atoms with Gasteiger partial charge in [0.15, 0.2) is 5.96 Å². The molecule has 28 heavy (non-hydrogen) atoms. The zero-order valence-electron chi connectivity index (χ0n) is 16.4. The molecule has 1 fully saturated rings. The molecule has 2 heterocycles. The van der Waals surface area contributed by atoms with E-state index in [0.717, 1.165) is 61.3 Å². The number of nitrogens with one attached hydrogen (secondary N) is 3. The Kier molecular flexibility index (Phi) is 8.53. The SMILES string of the molecule is CN=C(NCCc1c[nH]c2ccc(F)cc12)N1CCC(CC(=O)NC)CC1.I. The predicted octanol–water partition coefficient (Wildman–Crippen LogP) is 2.89. The number of H-pyrrole nitrogens is 1. The van der Waals surface area contributed by atoms with Crippen LogP contribution in [0.1, 0.15) is 24.8 Å². The number of aromatic nitrogens is 1. The summed E-state index contributed by atoms with van der Waals surface area (Å²) in [6.45, 7) is 2.54. The molecule has 6 nitrogen and oxygen atoms in total. The minimum Gasteiger partial charge on any atom is -0.361 e. The van der Waals surface area contributed by atoms with Crippen molar-refractivity contribution in [1.82, 2.24) is 20.5 Å². The van der Waals surface area contributed by atoms with Crippen molar-refractivity contribution in [2.24, 2.45) is 10.9 Å². The van der Waals surface area contributed by atoms with Gasteiger partial charge < -0.3 is 20.5 Å². The molecule has 0 atom stereocenters. The lowest BCUT2D eigenvalue weighted by molar-refractivity contribution is -0.121. The van der Waals surface area contributed by atoms with Crippen LogP contribution in [-0.2, 0) is 11.2 Å². The van der Waals surface area contributed by atoms with Gasteiger partial charge in [-0.3, -0.25) is 9.79 Å². The van der Waals surface area contributed by atoms with Crippen LogP contribution in [0, 0.1) is 11.7 Å². The highest BCUT2D eigenvalue weighted by molar-refractivity contribution is 14.0. The van der Waals surface area contributed by atoms with Crippen molar-refractivity contribution >= 4 is 46.7 Å². The Morgan fingerprint density at radius 3 is 2.79 bits per heavy atom. The summed E-state index contributed by atoms with van der Waals surface area (Å²) < 4.78 is 13.5. The fourth-order valence-corrected chi connectivity index (χ4v) is 3.71. The van der Waals surface area contributed by atoms with Crippen molar-refractivity contribution in [3.8, 4) is 0 Å². The van der Waals surface area contributed by atoms with Gasteiger partial charge in [0, 0.05) is 57.3 Å². The van der Waals surface area contributed by atoms with Gasteiger partial charge in [-0.25, -0.2) is 4.39 Å². The summed E-state index contributed by atoms with van der Waals surface area (Å²) in [5, 5.41) is 7.04. The summed E-state index contributed by atoms with van der Waals surface area (Å²) in [5.41, 5.74) is 2.05. The third-order valence-electron chi connectivity index (χ3n) is 5.29. The number of halogens is 2. The zero-order valence-corrected chi connectivity index (χ0v) is 18.8. The summed E-state index contributed by atoms with van der Waals surface area (Å²) >= 11 is 0. The molecule has 1 aliphatic rings. The standard InChI is InChI=1S/C20H28FN5O.HI/c1-22-19(27)11-14-6-9-26(10-7-14)20(23-2)24-8-5-15-13-25-18-4-3-16(21)12-17(15)18;/h3-4,12-14,25H,5-11H2,1-2H3,(H,22,27)(H,23,24);1H. The number of amides is 1. The molecule has 0 radical (unpaired) electrons. The Balaban J connectivity index is 0.00000280. The minimum absolute atomic E-state index is 0. The van der Waals surface area contributed by atoms with Crippen LogP contribution in [0.2, 0.25) is 0 Å². The van der Waals surface area contributed by atoms with Gasteiger partial charge in [0.2, 0.25) is 5.91 Å². The van der Waals surface area contributed by atoms with Crippen molar-refractivity contribution < 1.29 is 9.18 Å². The van der Waals surface area contributed by atoms with Crippen LogP contribution in [0.25, 0.3) is 10.9 Å². The first-order chi connectivity index (χ1) is 13.1. The number of guanidine groups is 1. The number of aliphatic imine (C=N–C) groups is 1. The number of nitrogens with zero attached hydrogens (tertiary/aromatic N) is 2. The van der Waals surface area contributed by atoms with Gasteiger partial charge in [-0.05, 0) is 48.9 Å². The van der Waals surface area contributed by atoms with Gasteiger partial charge in [0.25, 0.3) is 0 Å². The molecule has 0 saturated carbocycles. The maximum atomic E-state index is 13.5. The number of carbonyl (C=O) groups is 1. The van der Waals surface area contributed by atoms with Gasteiger partial charge in [0.05, 0.1) is 0 Å². The second-order valence-electron chi connectivity index (χ2n) is 7.04. The fourth-order valence-electron chi connectivity index (χ4n) is 3.71. The number of piperidine rings is 1. The number of fused-ring (bicyclic) bond motifs is 1. The second-order valence-corrected chi connectivity index (χ2v) is 7.04. The molecule has 3 rings (SSSR count). The molecule has 1 aliphatic heterocycles. The van der Waals surface area contributed by atoms with Gasteiger partial charge in [-0.2, -0.15) is 0 Å². The molecular weight excluding hydrogens is 472 g/mol. The van der Waals surface area contributed by atoms with E-state index in [1.54, 1.807) is 26.2 Å². The fraction of sp³-hybridized carbons (Fsp3) is 0.500. The van der Waals surface area contributed by atoms with Crippen molar-refractivity contribution in [2.75, 3.05) is 33.7 Å². The topological polar surface area (TPSA) is 72.5 Å². The molecule has 8 heteroatoms. The Bertz CT molecular complexity index is 814. The van der Waals surface area contributed by atoms with Gasteiger partial charge in [-0.15, -0.1) is 24.0 Å². The average molecular weight is 501 g/mol. The molecule has 0 spiro atoms. The van der Waals surface area contributed by atoms with E-state index in [1.165, 1.54) is 6.07 Å². The lowest BCUT2D eigenvalue weighted by Gasteiger charge is -2.34. The van der Waals surface area contributed by atoms with Crippen molar-refractivity contribution in [2.45, 2.75) is 25.7 Å². The molecule has 1 aromatic carbocycles. The zero-order chi connectivity index (χ0) is 19.2. The molecule has 1 saturated heterocycles. The van der Waals surface area contributed by atoms with Crippen LogP contribution in [0.3, 0.4) is 0 Å². The number of carbonyl (C=O) groups excluding carboxylic acids is 1. The summed E-state index contributed by atoms with van der Waals surface area (Å²) in [5.74, 6) is 1.23. The van der Waals surface area contributed by atoms with Crippen LogP contribution in [-0.4, -0.2) is 55.5 Å². The normalized spacial score (nSPS) is 15.4. The molecule has 1 aromatic heterocycles. The first-order valence-corrected chi connectivity index (χ1v) is 9.52. The molecule has 2 aromatic rings. The van der Waals surface area contributed by atoms with Gasteiger partial charge in [0.1, 0.15) is 5.82 Å². The van der Waals surface area contributed by atoms with Crippen LogP contribution in [0.15, 0.2) is 29.4 Å². The number of hydrogen-bond acceptors (Lipinski definition) is 2. The average Bonchev–Trinajstić information content (AvgIpc) is 3.08. The molecule has 1 amide bonds. The van der Waals surface area contributed by atoms with E-state index in [2.05, 4.69) is 25.5 Å². The van der Waals surface area contributed by atoms with Crippen LogP contribution in [0.5, 0.6) is 0 Å². The first-order valence-electron chi connectivity index (χ1n) is 9.52. The number of aromatic amines is 1. The summed E-state index contributed by atoms with van der Waals surface area (Å²) in [6.07, 6.45) is 5.33. The quantitative estimate of drug-likeness (QED) is 0.335. The van der Waals surface area contributed by atoms with E-state index in [0.29, 0.717) is 12.3 Å². The van der Waals surface area contributed by atoms with Crippen LogP contribution >= 0.6 is 24.0 Å². The minimum atomic E-state index is -0.216. The smallest absolute Gasteiger partial charge is 0.220 e. The van der Waals surface area contributed by atoms with E-state index in [4.69, 9.17) is 0 Å². The van der Waals surface area contributed by atoms with Crippen LogP contribution < -0.4 is 10.6 Å². The summed E-state index contributed by atoms with van der Waals surface area (Å²) in [7, 11) is 3.48. The van der Waals surface area contributed by atoms with Crippen molar-refractivity contribution in [3.05, 3.63) is 35.8 Å². The van der Waals surface area contributed by atoms with Gasteiger partial charge >= 0.3 is 0 Å². The predicted molar refractivity (Wildman–Crippen MR) is 122 cm³/mol. The third-order valence-corrected chi connectivity index (χ3v) is 5.29.